The number of rotatable bonds is 4. The predicted octanol–water partition coefficient (Wildman–Crippen LogP) is 1.50. The summed E-state index contributed by atoms with van der Waals surface area (Å²) in [6.45, 7) is 8.81. The van der Waals surface area contributed by atoms with E-state index in [-0.39, 0.29) is 17.2 Å². The number of nitrogens with zero attached hydrogens (tertiary/aromatic N) is 1. The van der Waals surface area contributed by atoms with E-state index in [9.17, 15) is 4.79 Å². The van der Waals surface area contributed by atoms with Gasteiger partial charge in [-0.1, -0.05) is 27.7 Å². The molecule has 1 aromatic heterocycles. The Labute approximate surface area is 102 Å². The molecule has 0 aliphatic rings. The van der Waals surface area contributed by atoms with Crippen LogP contribution in [-0.4, -0.2) is 29.7 Å². The van der Waals surface area contributed by atoms with Crippen molar-refractivity contribution in [2.24, 2.45) is 5.92 Å². The molecule has 1 aromatic rings. The zero-order chi connectivity index (χ0) is 13.1. The van der Waals surface area contributed by atoms with Crippen LogP contribution in [0.1, 0.15) is 33.4 Å². The molecule has 0 saturated carbocycles. The van der Waals surface area contributed by atoms with Crippen molar-refractivity contribution in [2.45, 2.75) is 33.1 Å². The minimum atomic E-state index is -0.0743. The number of H-pyrrole nitrogens is 1. The minimum absolute atomic E-state index is 0.00652. The molecule has 17 heavy (non-hydrogen) atoms. The largest absolute Gasteiger partial charge is 0.319 e. The molecule has 0 radical (unpaired) electrons. The maximum Gasteiger partial charge on any atom is 0.229 e. The Morgan fingerprint density at radius 2 is 2.18 bits per heavy atom. The van der Waals surface area contributed by atoms with Crippen molar-refractivity contribution < 1.29 is 4.79 Å². The third-order valence-corrected chi connectivity index (χ3v) is 2.60. The second-order valence-corrected chi connectivity index (χ2v) is 5.36. The number of hydrogen-bond acceptors (Lipinski definition) is 3. The fraction of sp³-hybridized carbons (Fsp3) is 0.667. The fourth-order valence-corrected chi connectivity index (χ4v) is 1.42. The van der Waals surface area contributed by atoms with Crippen LogP contribution < -0.4 is 10.6 Å². The van der Waals surface area contributed by atoms with E-state index in [0.717, 1.165) is 5.69 Å². The van der Waals surface area contributed by atoms with Crippen LogP contribution in [0, 0.1) is 5.92 Å². The molecule has 3 N–H and O–H groups in total. The highest BCUT2D eigenvalue weighted by atomic mass is 16.1. The van der Waals surface area contributed by atoms with Crippen LogP contribution in [0.15, 0.2) is 6.07 Å². The van der Waals surface area contributed by atoms with Crippen LogP contribution >= 0.6 is 0 Å². The van der Waals surface area contributed by atoms with Gasteiger partial charge >= 0.3 is 0 Å². The molecule has 0 fully saturated rings. The molecule has 5 nitrogen and oxygen atoms in total. The number of carbonyl (C=O) groups excluding carboxylic acids is 1. The number of hydrogen-bond donors (Lipinski definition) is 3. The first-order valence-electron chi connectivity index (χ1n) is 5.86. The molecule has 0 aromatic carbocycles. The summed E-state index contributed by atoms with van der Waals surface area (Å²) in [5.41, 5.74) is 1.01. The monoisotopic (exact) mass is 238 g/mol. The second-order valence-electron chi connectivity index (χ2n) is 5.36. The molecule has 96 valence electrons. The molecule has 1 rings (SSSR count). The molecule has 0 saturated heterocycles. The van der Waals surface area contributed by atoms with Crippen LogP contribution in [0.2, 0.25) is 0 Å². The molecule has 1 atom stereocenters. The van der Waals surface area contributed by atoms with Gasteiger partial charge in [0.1, 0.15) is 0 Å². The Hall–Kier alpha value is -1.36. The van der Waals surface area contributed by atoms with Crippen LogP contribution in [0.25, 0.3) is 0 Å². The van der Waals surface area contributed by atoms with Gasteiger partial charge in [-0.05, 0) is 7.05 Å². The van der Waals surface area contributed by atoms with Gasteiger partial charge in [0.2, 0.25) is 5.91 Å². The Kier molecular flexibility index (Phi) is 4.28. The van der Waals surface area contributed by atoms with E-state index in [1.165, 1.54) is 0 Å². The molecular formula is C12H22N4O. The zero-order valence-corrected chi connectivity index (χ0v) is 11.2. The Balaban J connectivity index is 2.64. The lowest BCUT2D eigenvalue weighted by atomic mass is 9.92. The molecule has 1 heterocycles. The summed E-state index contributed by atoms with van der Waals surface area (Å²) in [5, 5.41) is 12.8. The van der Waals surface area contributed by atoms with Crippen LogP contribution in [0.5, 0.6) is 0 Å². The molecule has 1 unspecified atom stereocenters. The third-order valence-electron chi connectivity index (χ3n) is 2.60. The summed E-state index contributed by atoms with van der Waals surface area (Å²) in [6.07, 6.45) is 0. The van der Waals surface area contributed by atoms with Gasteiger partial charge in [-0.15, -0.1) is 0 Å². The van der Waals surface area contributed by atoms with Crippen LogP contribution in [0.3, 0.4) is 0 Å². The SMILES string of the molecule is CNCC(C)C(=O)Nc1cc(C(C)(C)C)[nH]n1. The minimum Gasteiger partial charge on any atom is -0.319 e. The summed E-state index contributed by atoms with van der Waals surface area (Å²) in [4.78, 5) is 11.8. The lowest BCUT2D eigenvalue weighted by Crippen LogP contribution is -2.28. The smallest absolute Gasteiger partial charge is 0.229 e. The zero-order valence-electron chi connectivity index (χ0n) is 11.2. The number of nitrogens with one attached hydrogen (secondary N) is 3. The molecule has 0 spiro atoms. The van der Waals surface area contributed by atoms with Crippen molar-refractivity contribution in [3.8, 4) is 0 Å². The highest BCUT2D eigenvalue weighted by Gasteiger charge is 2.18. The van der Waals surface area contributed by atoms with Crippen molar-refractivity contribution in [3.05, 3.63) is 11.8 Å². The van der Waals surface area contributed by atoms with E-state index in [1.54, 1.807) is 0 Å². The van der Waals surface area contributed by atoms with Crippen molar-refractivity contribution in [1.29, 1.82) is 0 Å². The molecule has 1 amide bonds. The topological polar surface area (TPSA) is 69.8 Å². The van der Waals surface area contributed by atoms with Gasteiger partial charge in [-0.2, -0.15) is 5.10 Å². The van der Waals surface area contributed by atoms with Gasteiger partial charge in [-0.25, -0.2) is 0 Å². The maximum atomic E-state index is 11.8. The van der Waals surface area contributed by atoms with Crippen molar-refractivity contribution >= 4 is 11.7 Å². The van der Waals surface area contributed by atoms with Crippen LogP contribution in [0.4, 0.5) is 5.82 Å². The summed E-state index contributed by atoms with van der Waals surface area (Å²) in [6, 6.07) is 1.88. The van der Waals surface area contributed by atoms with Crippen molar-refractivity contribution in [3.63, 3.8) is 0 Å². The van der Waals surface area contributed by atoms with Crippen molar-refractivity contribution in [2.75, 3.05) is 18.9 Å². The number of aromatic amines is 1. The highest BCUT2D eigenvalue weighted by Crippen LogP contribution is 2.21. The first-order chi connectivity index (χ1) is 7.84. The number of amides is 1. The average Bonchev–Trinajstić information content (AvgIpc) is 2.66. The molecular weight excluding hydrogens is 216 g/mol. The quantitative estimate of drug-likeness (QED) is 0.744. The average molecular weight is 238 g/mol. The maximum absolute atomic E-state index is 11.8. The van der Waals surface area contributed by atoms with Gasteiger partial charge in [0, 0.05) is 29.6 Å². The fourth-order valence-electron chi connectivity index (χ4n) is 1.42. The highest BCUT2D eigenvalue weighted by molar-refractivity contribution is 5.91. The molecule has 5 heteroatoms. The predicted molar refractivity (Wildman–Crippen MR) is 69.0 cm³/mol. The molecule has 0 bridgehead atoms. The van der Waals surface area contributed by atoms with Gasteiger partial charge in [0.05, 0.1) is 0 Å². The van der Waals surface area contributed by atoms with E-state index in [1.807, 2.05) is 20.0 Å². The number of aromatic nitrogens is 2. The standard InChI is InChI=1S/C12H22N4O/c1-8(7-13-5)11(17)14-10-6-9(15-16-10)12(2,3)4/h6,8,13H,7H2,1-5H3,(H2,14,15,16,17). The van der Waals surface area contributed by atoms with Crippen LogP contribution in [-0.2, 0) is 10.2 Å². The van der Waals surface area contributed by atoms with Crippen molar-refractivity contribution in [1.82, 2.24) is 15.5 Å². The first kappa shape index (κ1) is 13.7. The third kappa shape index (κ3) is 3.85. The Morgan fingerprint density at radius 1 is 1.53 bits per heavy atom. The number of carbonyl (C=O) groups is 1. The van der Waals surface area contributed by atoms with Gasteiger partial charge in [0.25, 0.3) is 0 Å². The lowest BCUT2D eigenvalue weighted by molar-refractivity contribution is -0.119. The number of anilines is 1. The Morgan fingerprint density at radius 3 is 2.65 bits per heavy atom. The van der Waals surface area contributed by atoms with E-state index in [2.05, 4.69) is 41.6 Å². The van der Waals surface area contributed by atoms with Gasteiger partial charge in [0.15, 0.2) is 5.82 Å². The molecule has 0 aliphatic heterocycles. The summed E-state index contributed by atoms with van der Waals surface area (Å²) >= 11 is 0. The Bertz CT molecular complexity index is 378. The second kappa shape index (κ2) is 5.31. The summed E-state index contributed by atoms with van der Waals surface area (Å²) in [5.74, 6) is 0.490. The first-order valence-corrected chi connectivity index (χ1v) is 5.86. The summed E-state index contributed by atoms with van der Waals surface area (Å²) < 4.78 is 0. The van der Waals surface area contributed by atoms with E-state index >= 15 is 0 Å². The lowest BCUT2D eigenvalue weighted by Gasteiger charge is -2.14. The molecule has 0 aliphatic carbocycles. The van der Waals surface area contributed by atoms with E-state index < -0.39 is 0 Å². The van der Waals surface area contributed by atoms with E-state index in [4.69, 9.17) is 0 Å². The van der Waals surface area contributed by atoms with Gasteiger partial charge < -0.3 is 10.6 Å². The normalized spacial score (nSPS) is 13.5. The van der Waals surface area contributed by atoms with Gasteiger partial charge in [-0.3, -0.25) is 9.89 Å². The summed E-state index contributed by atoms with van der Waals surface area (Å²) in [7, 11) is 1.83. The van der Waals surface area contributed by atoms with E-state index in [0.29, 0.717) is 12.4 Å².